The molecule has 6 atom stereocenters. The molecule has 1 unspecified atom stereocenters. The molecule has 4 N–H and O–H groups in total. The Morgan fingerprint density at radius 1 is 0.908 bits per heavy atom. The molecule has 8 rings (SSSR count). The van der Waals surface area contributed by atoms with E-state index in [0.29, 0.717) is 43.6 Å². The van der Waals surface area contributed by atoms with Crippen molar-refractivity contribution in [1.82, 2.24) is 30.5 Å². The van der Waals surface area contributed by atoms with Crippen LogP contribution in [-0.2, 0) is 58.4 Å². The summed E-state index contributed by atoms with van der Waals surface area (Å²) in [7, 11) is -3.94. The standard InChI is InChI=1S/C46H60N6O12S/c1-5-31-21-46(31,42(56)50-65(59,60)33-16-17-33)49-39(53)34-20-32(64-44(58)51-22-29-18-35-36(63-26-62-35)19-30(29)23-51)24-52(34)41(55)38(45(2,3)4)48-40(54)37(28-14-10-7-11-15-28)47-43(57)61-25-27-12-8-6-9-13-27/h6,8-9,12-13,18-19,28,31-34,37-38H,5,7,10-11,14-17,20-26H2,1-4H3,(H,47,57)(H,48,54)(H,49,53)(H,50,56)/t31-,32+,34?,37-,38+,46-/m0/s1. The highest BCUT2D eigenvalue weighted by atomic mass is 32.2. The lowest BCUT2D eigenvalue weighted by atomic mass is 9.82. The molecular weight excluding hydrogens is 861 g/mol. The van der Waals surface area contributed by atoms with Crippen molar-refractivity contribution in [1.29, 1.82) is 0 Å². The number of carbonyl (C=O) groups is 6. The van der Waals surface area contributed by atoms with Crippen LogP contribution in [0.15, 0.2) is 42.5 Å². The number of hydrogen-bond acceptors (Lipinski definition) is 12. The smallest absolute Gasteiger partial charge is 0.410 e. The van der Waals surface area contributed by atoms with Crippen LogP contribution in [-0.4, -0.2) is 102 Å². The van der Waals surface area contributed by atoms with Crippen molar-refractivity contribution in [3.05, 3.63) is 59.2 Å². The first-order chi connectivity index (χ1) is 31.0. The molecule has 3 saturated carbocycles. The Hall–Kier alpha value is -5.59. The van der Waals surface area contributed by atoms with Gasteiger partial charge in [-0.1, -0.05) is 83.7 Å². The van der Waals surface area contributed by atoms with Gasteiger partial charge in [0.05, 0.1) is 11.8 Å². The van der Waals surface area contributed by atoms with Gasteiger partial charge in [0.1, 0.15) is 36.4 Å². The van der Waals surface area contributed by atoms with E-state index in [0.717, 1.165) is 36.0 Å². The topological polar surface area (TPSA) is 228 Å². The average Bonchev–Trinajstić information content (AvgIpc) is 4.11. The summed E-state index contributed by atoms with van der Waals surface area (Å²) in [6, 6.07) is 9.25. The number of alkyl carbamates (subject to hydrolysis) is 1. The Balaban J connectivity index is 1.02. The Labute approximate surface area is 379 Å². The van der Waals surface area contributed by atoms with Gasteiger partial charge in [0.15, 0.2) is 11.5 Å². The van der Waals surface area contributed by atoms with Gasteiger partial charge in [-0.25, -0.2) is 18.0 Å². The first-order valence-electron chi connectivity index (χ1n) is 22.8. The minimum absolute atomic E-state index is 0.00626. The van der Waals surface area contributed by atoms with E-state index in [1.807, 2.05) is 49.4 Å². The van der Waals surface area contributed by atoms with Gasteiger partial charge >= 0.3 is 12.2 Å². The quantitative estimate of drug-likeness (QED) is 0.210. The second-order valence-corrected chi connectivity index (χ2v) is 21.4. The fourth-order valence-corrected chi connectivity index (χ4v) is 11.0. The number of sulfonamides is 1. The van der Waals surface area contributed by atoms with Gasteiger partial charge in [-0.3, -0.25) is 28.8 Å². The Morgan fingerprint density at radius 2 is 1.57 bits per heavy atom. The number of rotatable bonds is 14. The summed E-state index contributed by atoms with van der Waals surface area (Å²) in [6.45, 7) is 7.49. The molecular formula is C46H60N6O12S. The van der Waals surface area contributed by atoms with Crippen LogP contribution in [0.25, 0.3) is 0 Å². The van der Waals surface area contributed by atoms with Gasteiger partial charge < -0.3 is 39.8 Å². The maximum Gasteiger partial charge on any atom is 0.410 e. The molecule has 3 heterocycles. The normalized spacial score (nSPS) is 24.6. The number of carbonyl (C=O) groups excluding carboxylic acids is 6. The molecule has 6 amide bonds. The molecule has 0 aromatic heterocycles. The van der Waals surface area contributed by atoms with Crippen LogP contribution in [0.1, 0.15) is 109 Å². The fraction of sp³-hybridized carbons (Fsp3) is 0.609. The third-order valence-electron chi connectivity index (χ3n) is 13.6. The maximum absolute atomic E-state index is 15.0. The van der Waals surface area contributed by atoms with E-state index in [1.165, 1.54) is 9.80 Å². The number of nitrogens with zero attached hydrogens (tertiary/aromatic N) is 2. The molecule has 352 valence electrons. The summed E-state index contributed by atoms with van der Waals surface area (Å²) in [5, 5.41) is 7.89. The summed E-state index contributed by atoms with van der Waals surface area (Å²) in [6.07, 6.45) is 3.04. The van der Waals surface area contributed by atoms with Crippen molar-refractivity contribution < 1.29 is 56.1 Å². The number of amides is 6. The van der Waals surface area contributed by atoms with Gasteiger partial charge in [0.2, 0.25) is 34.5 Å². The molecule has 2 aromatic carbocycles. The number of hydrogen-bond donors (Lipinski definition) is 4. The average molecular weight is 921 g/mol. The lowest BCUT2D eigenvalue weighted by molar-refractivity contribution is -0.145. The van der Waals surface area contributed by atoms with E-state index in [9.17, 15) is 32.4 Å². The molecule has 0 bridgehead atoms. The third-order valence-corrected chi connectivity index (χ3v) is 15.4. The van der Waals surface area contributed by atoms with Crippen LogP contribution < -0.4 is 30.1 Å². The van der Waals surface area contributed by atoms with Gasteiger partial charge in [-0.05, 0) is 78.2 Å². The third kappa shape index (κ3) is 10.1. The lowest BCUT2D eigenvalue weighted by Crippen LogP contribution is -2.62. The first kappa shape index (κ1) is 46.0. The second kappa shape index (κ2) is 18.4. The number of ether oxygens (including phenoxy) is 4. The van der Waals surface area contributed by atoms with Crippen molar-refractivity contribution in [2.45, 2.75) is 147 Å². The second-order valence-electron chi connectivity index (χ2n) is 19.4. The van der Waals surface area contributed by atoms with Crippen LogP contribution in [0.4, 0.5) is 9.59 Å². The van der Waals surface area contributed by atoms with Crippen LogP contribution in [0.5, 0.6) is 11.5 Å². The number of fused-ring (bicyclic) bond motifs is 2. The first-order valence-corrected chi connectivity index (χ1v) is 24.3. The minimum atomic E-state index is -3.94. The van der Waals surface area contributed by atoms with E-state index < -0.39 is 86.3 Å². The van der Waals surface area contributed by atoms with E-state index in [4.69, 9.17) is 18.9 Å². The number of benzene rings is 2. The summed E-state index contributed by atoms with van der Waals surface area (Å²) in [4.78, 5) is 87.5. The van der Waals surface area contributed by atoms with Crippen LogP contribution in [0.3, 0.4) is 0 Å². The zero-order valence-electron chi connectivity index (χ0n) is 37.4. The molecule has 1 saturated heterocycles. The Kier molecular flexibility index (Phi) is 13.0. The monoisotopic (exact) mass is 920 g/mol. The Morgan fingerprint density at radius 3 is 2.17 bits per heavy atom. The predicted molar refractivity (Wildman–Crippen MR) is 233 cm³/mol. The SMILES string of the molecule is CC[C@H]1C[C@@]1(NC(=O)C1C[C@@H](OC(=O)N2Cc3cc4c(cc3C2)OCO4)CN1C(=O)[C@@H](NC(=O)[C@@H](NC(=O)OCc1ccccc1)C1CCCCC1)C(C)(C)C)C(=O)NS(=O)(=O)C1CC1. The van der Waals surface area contributed by atoms with Crippen molar-refractivity contribution in [3.8, 4) is 11.5 Å². The molecule has 6 aliphatic rings. The maximum atomic E-state index is 15.0. The molecule has 3 aliphatic carbocycles. The molecule has 0 spiro atoms. The summed E-state index contributed by atoms with van der Waals surface area (Å²) in [5.74, 6) is -2.21. The van der Waals surface area contributed by atoms with E-state index in [-0.39, 0.29) is 57.7 Å². The largest absolute Gasteiger partial charge is 0.454 e. The molecule has 4 fully saturated rings. The fourth-order valence-electron chi connectivity index (χ4n) is 9.61. The zero-order valence-corrected chi connectivity index (χ0v) is 38.2. The highest BCUT2D eigenvalue weighted by Gasteiger charge is 2.62. The molecule has 0 radical (unpaired) electrons. The van der Waals surface area contributed by atoms with Gasteiger partial charge in [0.25, 0.3) is 5.91 Å². The predicted octanol–water partition coefficient (Wildman–Crippen LogP) is 4.14. The number of likely N-dealkylation sites (tertiary alicyclic amines) is 1. The highest BCUT2D eigenvalue weighted by molar-refractivity contribution is 7.91. The summed E-state index contributed by atoms with van der Waals surface area (Å²) in [5.41, 5.74) is 0.0299. The van der Waals surface area contributed by atoms with Crippen LogP contribution in [0, 0.1) is 17.3 Å². The Bertz CT molecular complexity index is 2260. The van der Waals surface area contributed by atoms with Crippen molar-refractivity contribution in [2.24, 2.45) is 17.3 Å². The van der Waals surface area contributed by atoms with Crippen molar-refractivity contribution >= 4 is 45.8 Å². The van der Waals surface area contributed by atoms with Crippen LogP contribution >= 0.6 is 0 Å². The van der Waals surface area contributed by atoms with Crippen molar-refractivity contribution in [2.75, 3.05) is 13.3 Å². The molecule has 65 heavy (non-hydrogen) atoms. The lowest BCUT2D eigenvalue weighted by Gasteiger charge is -2.37. The zero-order chi connectivity index (χ0) is 46.3. The van der Waals surface area contributed by atoms with E-state index in [1.54, 1.807) is 20.8 Å². The molecule has 19 heteroatoms. The van der Waals surface area contributed by atoms with Crippen molar-refractivity contribution in [3.63, 3.8) is 0 Å². The molecule has 3 aliphatic heterocycles. The van der Waals surface area contributed by atoms with Gasteiger partial charge in [-0.2, -0.15) is 0 Å². The minimum Gasteiger partial charge on any atom is -0.454 e. The summed E-state index contributed by atoms with van der Waals surface area (Å²) >= 11 is 0. The van der Waals surface area contributed by atoms with Crippen LogP contribution in [0.2, 0.25) is 0 Å². The molecule has 2 aromatic rings. The van der Waals surface area contributed by atoms with Gasteiger partial charge in [-0.15, -0.1) is 0 Å². The number of nitrogens with one attached hydrogen (secondary N) is 4. The summed E-state index contributed by atoms with van der Waals surface area (Å²) < 4.78 is 50.5. The highest BCUT2D eigenvalue weighted by Crippen LogP contribution is 2.47. The van der Waals surface area contributed by atoms with E-state index in [2.05, 4.69) is 20.7 Å². The van der Waals surface area contributed by atoms with Gasteiger partial charge in [0, 0.05) is 19.5 Å². The van der Waals surface area contributed by atoms with E-state index >= 15 is 4.79 Å². The molecule has 18 nitrogen and oxygen atoms in total.